The summed E-state index contributed by atoms with van der Waals surface area (Å²) in [5.41, 5.74) is 13.5. The molecule has 0 amide bonds. The molecule has 3 nitrogen and oxygen atoms in total. The maximum atomic E-state index is 16.1. The van der Waals surface area contributed by atoms with E-state index in [1.165, 1.54) is 0 Å². The SMILES string of the molecule is O=C1C(c2ccccc2)=C(c2cc(-c3ccccc3)c(N(c3ccccc3)c3cccc4ccccc34)s2)C(c2cc(-c3ccccc3)c(N(c3ccccc3)c3cccc4ccccc34)s2)=C1c1ccccc1. The van der Waals surface area contributed by atoms with E-state index in [1.807, 2.05) is 36.4 Å². The van der Waals surface area contributed by atoms with Crippen LogP contribution in [0.15, 0.2) is 279 Å². The standard InChI is InChI=1S/C69H46N2OS2/c72-67-63(51-31-11-3-12-32-51)65(61-45-57(49-25-7-1-8-26-49)68(73-61)70(53-37-15-5-16-38-53)59-43-23-35-47-29-19-21-41-55(47)59)66(64(67)52-33-13-4-14-34-52)62-46-58(50-27-9-2-10-28-50)69(74-62)71(54-39-17-6-18-40-54)60-44-24-36-48-30-20-22-42-56(48)60/h1-46H. The van der Waals surface area contributed by atoms with E-state index in [4.69, 9.17) is 0 Å². The van der Waals surface area contributed by atoms with Crippen LogP contribution in [0.2, 0.25) is 0 Å². The fourth-order valence-corrected chi connectivity index (χ4v) is 13.1. The van der Waals surface area contributed by atoms with Crippen LogP contribution >= 0.6 is 22.7 Å². The number of nitrogens with zero attached hydrogens (tertiary/aromatic N) is 2. The van der Waals surface area contributed by atoms with Crippen molar-refractivity contribution in [3.05, 3.63) is 300 Å². The van der Waals surface area contributed by atoms with Crippen LogP contribution in [0.1, 0.15) is 20.9 Å². The number of hydrogen-bond donors (Lipinski definition) is 0. The lowest BCUT2D eigenvalue weighted by Gasteiger charge is -2.27. The molecule has 0 spiro atoms. The molecule has 10 aromatic carbocycles. The van der Waals surface area contributed by atoms with Crippen molar-refractivity contribution < 1.29 is 4.79 Å². The third-order valence-corrected chi connectivity index (χ3v) is 16.1. The van der Waals surface area contributed by atoms with Crippen molar-refractivity contribution >= 4 is 105 Å². The molecule has 2 aromatic heterocycles. The second-order valence-corrected chi connectivity index (χ2v) is 20.4. The predicted octanol–water partition coefficient (Wildman–Crippen LogP) is 19.5. The molecule has 0 saturated carbocycles. The number of allylic oxidation sites excluding steroid dienone is 4. The molecule has 0 atom stereocenters. The third kappa shape index (κ3) is 8.05. The van der Waals surface area contributed by atoms with Gasteiger partial charge in [0.25, 0.3) is 0 Å². The second kappa shape index (κ2) is 19.5. The maximum Gasteiger partial charge on any atom is 0.195 e. The molecule has 2 heterocycles. The van der Waals surface area contributed by atoms with Crippen molar-refractivity contribution in [1.29, 1.82) is 0 Å². The molecule has 0 saturated heterocycles. The van der Waals surface area contributed by atoms with Gasteiger partial charge in [0.1, 0.15) is 10.0 Å². The first-order valence-electron chi connectivity index (χ1n) is 24.9. The zero-order chi connectivity index (χ0) is 49.4. The van der Waals surface area contributed by atoms with Gasteiger partial charge < -0.3 is 9.80 Å². The van der Waals surface area contributed by atoms with Gasteiger partial charge in [0.05, 0.1) is 11.4 Å². The van der Waals surface area contributed by atoms with Crippen molar-refractivity contribution in [2.75, 3.05) is 9.80 Å². The maximum absolute atomic E-state index is 16.1. The number of carbonyl (C=O) groups excluding carboxylic acids is 1. The zero-order valence-corrected chi connectivity index (χ0v) is 41.8. The van der Waals surface area contributed by atoms with Gasteiger partial charge in [-0.1, -0.05) is 231 Å². The molecule has 12 aromatic rings. The monoisotopic (exact) mass is 982 g/mol. The third-order valence-electron chi connectivity index (χ3n) is 13.9. The molecule has 1 aliphatic carbocycles. The molecule has 5 heteroatoms. The number of carbonyl (C=O) groups is 1. The zero-order valence-electron chi connectivity index (χ0n) is 40.2. The Morgan fingerprint density at radius 1 is 0.284 bits per heavy atom. The van der Waals surface area contributed by atoms with Gasteiger partial charge in [0.15, 0.2) is 5.78 Å². The van der Waals surface area contributed by atoms with Crippen molar-refractivity contribution in [2.24, 2.45) is 0 Å². The summed E-state index contributed by atoms with van der Waals surface area (Å²) in [6, 6.07) is 98.3. The van der Waals surface area contributed by atoms with E-state index < -0.39 is 0 Å². The highest BCUT2D eigenvalue weighted by molar-refractivity contribution is 7.20. The van der Waals surface area contributed by atoms with Gasteiger partial charge >= 0.3 is 0 Å². The molecular formula is C69H46N2OS2. The van der Waals surface area contributed by atoms with Crippen LogP contribution in [0, 0.1) is 0 Å². The summed E-state index contributed by atoms with van der Waals surface area (Å²) in [5.74, 6) is 0.00256. The smallest absolute Gasteiger partial charge is 0.195 e. The Bertz CT molecular complexity index is 3790. The van der Waals surface area contributed by atoms with E-state index >= 15 is 4.79 Å². The van der Waals surface area contributed by atoms with Crippen LogP contribution < -0.4 is 9.80 Å². The Morgan fingerprint density at radius 3 is 0.973 bits per heavy atom. The van der Waals surface area contributed by atoms with Crippen LogP contribution in [0.4, 0.5) is 32.8 Å². The Balaban J connectivity index is 1.13. The molecule has 74 heavy (non-hydrogen) atoms. The number of Topliss-reactive ketones (excluding diaryl/α,β-unsaturated/α-hetero) is 1. The first kappa shape index (κ1) is 44.8. The number of para-hydroxylation sites is 2. The topological polar surface area (TPSA) is 23.6 Å². The van der Waals surface area contributed by atoms with E-state index in [1.54, 1.807) is 22.7 Å². The fourth-order valence-electron chi connectivity index (χ4n) is 10.5. The van der Waals surface area contributed by atoms with Crippen molar-refractivity contribution in [3.63, 3.8) is 0 Å². The molecule has 350 valence electrons. The van der Waals surface area contributed by atoms with Crippen molar-refractivity contribution in [3.8, 4) is 22.3 Å². The summed E-state index contributed by atoms with van der Waals surface area (Å²) in [5, 5.41) is 6.72. The van der Waals surface area contributed by atoms with E-state index in [0.717, 1.165) is 109 Å². The molecule has 13 rings (SSSR count). The van der Waals surface area contributed by atoms with Gasteiger partial charge in [-0.05, 0) is 81.6 Å². The summed E-state index contributed by atoms with van der Waals surface area (Å²) in [4.78, 5) is 22.9. The number of rotatable bonds is 12. The van der Waals surface area contributed by atoms with Gasteiger partial charge in [-0.25, -0.2) is 0 Å². The molecular weight excluding hydrogens is 937 g/mol. The lowest BCUT2D eigenvalue weighted by Crippen LogP contribution is -2.09. The fraction of sp³-hybridized carbons (Fsp3) is 0. The van der Waals surface area contributed by atoms with Crippen molar-refractivity contribution in [1.82, 2.24) is 0 Å². The first-order valence-corrected chi connectivity index (χ1v) is 26.5. The van der Waals surface area contributed by atoms with Crippen LogP contribution in [0.25, 0.3) is 66.1 Å². The Kier molecular flexibility index (Phi) is 11.8. The van der Waals surface area contributed by atoms with Crippen molar-refractivity contribution in [2.45, 2.75) is 0 Å². The van der Waals surface area contributed by atoms with Crippen LogP contribution in [0.5, 0.6) is 0 Å². The minimum atomic E-state index is 0.00256. The highest BCUT2D eigenvalue weighted by atomic mass is 32.1. The predicted molar refractivity (Wildman–Crippen MR) is 315 cm³/mol. The molecule has 0 unspecified atom stereocenters. The van der Waals surface area contributed by atoms with E-state index in [0.29, 0.717) is 11.1 Å². The summed E-state index contributed by atoms with van der Waals surface area (Å²) in [7, 11) is 0. The summed E-state index contributed by atoms with van der Waals surface area (Å²) in [6.45, 7) is 0. The summed E-state index contributed by atoms with van der Waals surface area (Å²) >= 11 is 3.48. The van der Waals surface area contributed by atoms with Crippen LogP contribution in [-0.2, 0) is 4.79 Å². The number of thiophene rings is 2. The number of benzene rings is 10. The number of ketones is 1. The van der Waals surface area contributed by atoms with Crippen LogP contribution in [0.3, 0.4) is 0 Å². The average molecular weight is 983 g/mol. The largest absolute Gasteiger partial charge is 0.301 e. The minimum absolute atomic E-state index is 0.00256. The lowest BCUT2D eigenvalue weighted by atomic mass is 9.95. The quantitative estimate of drug-likeness (QED) is 0.122. The Morgan fingerprint density at radius 2 is 0.595 bits per heavy atom. The average Bonchev–Trinajstić information content (AvgIpc) is 4.19. The van der Waals surface area contributed by atoms with Gasteiger partial charge in [0.2, 0.25) is 0 Å². The molecule has 0 aliphatic heterocycles. The highest BCUT2D eigenvalue weighted by Crippen LogP contribution is 2.59. The number of hydrogen-bond acceptors (Lipinski definition) is 5. The summed E-state index contributed by atoms with van der Waals surface area (Å²) < 4.78 is 0. The number of anilines is 6. The van der Waals surface area contributed by atoms with Gasteiger partial charge in [0, 0.05) is 65.3 Å². The summed E-state index contributed by atoms with van der Waals surface area (Å²) in [6.07, 6.45) is 0. The number of fused-ring (bicyclic) bond motifs is 2. The van der Waals surface area contributed by atoms with Gasteiger partial charge in [-0.2, -0.15) is 0 Å². The molecule has 1 aliphatic rings. The normalized spacial score (nSPS) is 12.5. The molecule has 0 fully saturated rings. The van der Waals surface area contributed by atoms with Gasteiger partial charge in [-0.3, -0.25) is 4.79 Å². The van der Waals surface area contributed by atoms with E-state index in [9.17, 15) is 0 Å². The van der Waals surface area contributed by atoms with Gasteiger partial charge in [-0.15, -0.1) is 22.7 Å². The Hall–Kier alpha value is -9.13. The molecule has 0 N–H and O–H groups in total. The molecule has 0 radical (unpaired) electrons. The van der Waals surface area contributed by atoms with E-state index in [2.05, 4.69) is 252 Å². The highest BCUT2D eigenvalue weighted by Gasteiger charge is 2.39. The second-order valence-electron chi connectivity index (χ2n) is 18.3. The Labute approximate surface area is 439 Å². The molecule has 0 bridgehead atoms. The lowest BCUT2D eigenvalue weighted by molar-refractivity contribution is -0.108. The minimum Gasteiger partial charge on any atom is -0.301 e. The first-order chi connectivity index (χ1) is 36.7. The van der Waals surface area contributed by atoms with Crippen LogP contribution in [-0.4, -0.2) is 5.78 Å². The van der Waals surface area contributed by atoms with E-state index in [-0.39, 0.29) is 5.78 Å².